The summed E-state index contributed by atoms with van der Waals surface area (Å²) >= 11 is 0. The highest BCUT2D eigenvalue weighted by molar-refractivity contribution is 5.96. The van der Waals surface area contributed by atoms with Crippen molar-refractivity contribution < 1.29 is 0 Å². The van der Waals surface area contributed by atoms with Gasteiger partial charge in [0, 0.05) is 47.9 Å². The third-order valence-corrected chi connectivity index (χ3v) is 3.94. The molecule has 24 heavy (non-hydrogen) atoms. The summed E-state index contributed by atoms with van der Waals surface area (Å²) in [5.74, 6) is 0.489. The molecule has 118 valence electrons. The largest absolute Gasteiger partial charge is 0.384 e. The number of aromatic nitrogens is 3. The van der Waals surface area contributed by atoms with Gasteiger partial charge >= 0.3 is 0 Å². The minimum Gasteiger partial charge on any atom is -0.384 e. The van der Waals surface area contributed by atoms with Crippen LogP contribution in [0.15, 0.2) is 54.1 Å². The first-order chi connectivity index (χ1) is 11.8. The summed E-state index contributed by atoms with van der Waals surface area (Å²) in [5.41, 5.74) is 11.1. The molecule has 0 atom stereocenters. The van der Waals surface area contributed by atoms with Crippen molar-refractivity contribution >= 4 is 34.2 Å². The maximum atomic E-state index is 5.98. The number of benzene rings is 1. The molecule has 6 heteroatoms. The number of aliphatic imine (C=N–C) groups is 1. The number of nitrogen functional groups attached to an aromatic ring is 1. The molecule has 0 unspecified atom stereocenters. The van der Waals surface area contributed by atoms with Crippen LogP contribution in [0.1, 0.15) is 11.1 Å². The van der Waals surface area contributed by atoms with Crippen molar-refractivity contribution in [1.82, 2.24) is 15.0 Å². The second kappa shape index (κ2) is 6.08. The lowest BCUT2D eigenvalue weighted by Gasteiger charge is -2.12. The first kappa shape index (κ1) is 14.3. The van der Waals surface area contributed by atoms with E-state index in [1.54, 1.807) is 12.4 Å². The van der Waals surface area contributed by atoms with E-state index in [0.29, 0.717) is 18.9 Å². The highest BCUT2D eigenvalue weighted by atomic mass is 14.9. The quantitative estimate of drug-likeness (QED) is 0.772. The van der Waals surface area contributed by atoms with Gasteiger partial charge < -0.3 is 11.1 Å². The lowest BCUT2D eigenvalue weighted by molar-refractivity contribution is 1.05. The van der Waals surface area contributed by atoms with Crippen LogP contribution in [-0.4, -0.2) is 27.7 Å². The van der Waals surface area contributed by atoms with Gasteiger partial charge in [-0.15, -0.1) is 0 Å². The highest BCUT2D eigenvalue weighted by Crippen LogP contribution is 2.28. The summed E-state index contributed by atoms with van der Waals surface area (Å²) in [7, 11) is 0. The van der Waals surface area contributed by atoms with Gasteiger partial charge in [-0.3, -0.25) is 4.99 Å². The molecule has 6 nitrogen and oxygen atoms in total. The monoisotopic (exact) mass is 316 g/mol. The summed E-state index contributed by atoms with van der Waals surface area (Å²) in [6, 6.07) is 8.07. The second-order valence-electron chi connectivity index (χ2n) is 5.61. The number of allylic oxidation sites excluding steroid dienone is 1. The van der Waals surface area contributed by atoms with Crippen LogP contribution in [0.2, 0.25) is 0 Å². The van der Waals surface area contributed by atoms with Crippen molar-refractivity contribution in [3.05, 3.63) is 60.2 Å². The molecule has 3 heterocycles. The Morgan fingerprint density at radius 1 is 1.12 bits per heavy atom. The summed E-state index contributed by atoms with van der Waals surface area (Å²) in [4.78, 5) is 16.8. The smallest absolute Gasteiger partial charge is 0.126 e. The third-order valence-electron chi connectivity index (χ3n) is 3.94. The number of hydrogen-bond donors (Lipinski definition) is 2. The molecule has 1 aromatic carbocycles. The average molecular weight is 316 g/mol. The van der Waals surface area contributed by atoms with Gasteiger partial charge in [-0.2, -0.15) is 0 Å². The zero-order valence-corrected chi connectivity index (χ0v) is 13.0. The fourth-order valence-electron chi connectivity index (χ4n) is 2.75. The van der Waals surface area contributed by atoms with Gasteiger partial charge in [0.2, 0.25) is 0 Å². The molecule has 0 saturated carbocycles. The Kier molecular flexibility index (Phi) is 3.63. The molecule has 0 fully saturated rings. The van der Waals surface area contributed by atoms with Crippen LogP contribution in [0, 0.1) is 0 Å². The number of rotatable bonds is 4. The van der Waals surface area contributed by atoms with Crippen LogP contribution in [0.3, 0.4) is 0 Å². The molecule has 0 amide bonds. The minimum absolute atomic E-state index is 0.489. The van der Waals surface area contributed by atoms with Crippen molar-refractivity contribution in [3.63, 3.8) is 0 Å². The Bertz CT molecular complexity index is 946. The molecular formula is C18H16N6. The van der Waals surface area contributed by atoms with Gasteiger partial charge in [0.05, 0.1) is 12.1 Å². The van der Waals surface area contributed by atoms with Crippen molar-refractivity contribution in [2.24, 2.45) is 4.99 Å². The first-order valence-corrected chi connectivity index (χ1v) is 7.67. The topological polar surface area (TPSA) is 89.1 Å². The number of nitrogens with two attached hydrogens (primary N) is 1. The van der Waals surface area contributed by atoms with Crippen molar-refractivity contribution in [2.45, 2.75) is 6.54 Å². The molecule has 0 bridgehead atoms. The Hall–Kier alpha value is -3.28. The number of hydrogen-bond acceptors (Lipinski definition) is 6. The van der Waals surface area contributed by atoms with Crippen LogP contribution >= 0.6 is 0 Å². The molecule has 1 aliphatic heterocycles. The first-order valence-electron chi connectivity index (χ1n) is 7.67. The molecule has 2 aromatic heterocycles. The van der Waals surface area contributed by atoms with E-state index in [-0.39, 0.29) is 0 Å². The fraction of sp³-hybridized carbons (Fsp3) is 0.111. The van der Waals surface area contributed by atoms with Gasteiger partial charge in [0.25, 0.3) is 0 Å². The van der Waals surface area contributed by atoms with Crippen LogP contribution in [-0.2, 0) is 6.54 Å². The number of nitrogens with one attached hydrogen (secondary N) is 1. The summed E-state index contributed by atoms with van der Waals surface area (Å²) in [6.45, 7) is 1.34. The second-order valence-corrected chi connectivity index (χ2v) is 5.61. The molecule has 0 saturated heterocycles. The van der Waals surface area contributed by atoms with Gasteiger partial charge in [0.15, 0.2) is 0 Å². The van der Waals surface area contributed by atoms with Gasteiger partial charge in [-0.05, 0) is 23.3 Å². The predicted octanol–water partition coefficient (Wildman–Crippen LogP) is 2.69. The summed E-state index contributed by atoms with van der Waals surface area (Å²) in [5, 5.41) is 4.43. The molecule has 1 aliphatic rings. The normalized spacial score (nSPS) is 13.2. The maximum Gasteiger partial charge on any atom is 0.126 e. The van der Waals surface area contributed by atoms with Crippen LogP contribution in [0.5, 0.6) is 0 Å². The predicted molar refractivity (Wildman–Crippen MR) is 96.9 cm³/mol. The van der Waals surface area contributed by atoms with Crippen LogP contribution < -0.4 is 11.1 Å². The Balaban J connectivity index is 1.67. The van der Waals surface area contributed by atoms with E-state index in [9.17, 15) is 0 Å². The van der Waals surface area contributed by atoms with E-state index in [1.165, 1.54) is 11.9 Å². The van der Waals surface area contributed by atoms with E-state index < -0.39 is 0 Å². The zero-order valence-electron chi connectivity index (χ0n) is 13.0. The highest BCUT2D eigenvalue weighted by Gasteiger charge is 2.09. The summed E-state index contributed by atoms with van der Waals surface area (Å²) in [6.07, 6.45) is 8.96. The number of pyridine rings is 1. The number of anilines is 2. The third kappa shape index (κ3) is 2.81. The number of nitrogens with zero attached hydrogens (tertiary/aromatic N) is 4. The van der Waals surface area contributed by atoms with E-state index in [2.05, 4.69) is 43.5 Å². The van der Waals surface area contributed by atoms with E-state index in [0.717, 1.165) is 27.7 Å². The Morgan fingerprint density at radius 3 is 2.79 bits per heavy atom. The van der Waals surface area contributed by atoms with Crippen LogP contribution in [0.4, 0.5) is 11.5 Å². The van der Waals surface area contributed by atoms with Gasteiger partial charge in [-0.1, -0.05) is 12.1 Å². The summed E-state index contributed by atoms with van der Waals surface area (Å²) < 4.78 is 0. The maximum absolute atomic E-state index is 5.98. The minimum atomic E-state index is 0.489. The molecular weight excluding hydrogens is 300 g/mol. The van der Waals surface area contributed by atoms with Crippen molar-refractivity contribution in [3.8, 4) is 0 Å². The van der Waals surface area contributed by atoms with Crippen LogP contribution in [0.25, 0.3) is 16.5 Å². The number of fused-ring (bicyclic) bond motifs is 1. The fourth-order valence-corrected chi connectivity index (χ4v) is 2.75. The van der Waals surface area contributed by atoms with Gasteiger partial charge in [-0.25, -0.2) is 15.0 Å². The van der Waals surface area contributed by atoms with E-state index in [1.807, 2.05) is 18.4 Å². The molecule has 0 spiro atoms. The zero-order chi connectivity index (χ0) is 16.4. The lowest BCUT2D eigenvalue weighted by Crippen LogP contribution is -2.03. The molecule has 0 aliphatic carbocycles. The molecule has 0 radical (unpaired) electrons. The SMILES string of the molecule is Nc1cc(NCc2cncnc2)c2ccc(C3=CC=NC3)cc2n1. The average Bonchev–Trinajstić information content (AvgIpc) is 3.14. The molecule has 3 aromatic rings. The Labute approximate surface area is 139 Å². The lowest BCUT2D eigenvalue weighted by atomic mass is 10.0. The van der Waals surface area contributed by atoms with E-state index >= 15 is 0 Å². The van der Waals surface area contributed by atoms with Crippen molar-refractivity contribution in [2.75, 3.05) is 17.6 Å². The molecule has 3 N–H and O–H groups in total. The van der Waals surface area contributed by atoms with Crippen molar-refractivity contribution in [1.29, 1.82) is 0 Å². The van der Waals surface area contributed by atoms with E-state index in [4.69, 9.17) is 5.73 Å². The molecule has 4 rings (SSSR count). The standard InChI is InChI=1S/C18H16N6/c19-18-6-16(23-9-12-7-21-11-22-8-12)15-2-1-13(5-17(15)24-18)14-3-4-20-10-14/h1-8,11H,9-10H2,(H3,19,23,24). The van der Waals surface area contributed by atoms with Gasteiger partial charge in [0.1, 0.15) is 12.1 Å². The Morgan fingerprint density at radius 2 is 2.00 bits per heavy atom.